The third-order valence-electron chi connectivity index (χ3n) is 11.0. The first-order valence-electron chi connectivity index (χ1n) is 13.6. The highest BCUT2D eigenvalue weighted by molar-refractivity contribution is 6.43. The first-order valence-corrected chi connectivity index (χ1v) is 14.0. The molecule has 34 heavy (non-hydrogen) atoms. The van der Waals surface area contributed by atoms with E-state index in [1.54, 1.807) is 0 Å². The molecule has 3 saturated carbocycles. The van der Waals surface area contributed by atoms with Crippen molar-refractivity contribution in [2.45, 2.75) is 98.8 Å². The average Bonchev–Trinajstić information content (AvgIpc) is 3.12. The molecule has 8 atom stereocenters. The zero-order valence-corrected chi connectivity index (χ0v) is 22.4. The second-order valence-corrected chi connectivity index (χ2v) is 13.0. The predicted octanol–water partition coefficient (Wildman–Crippen LogP) is 7.04. The second-order valence-electron chi connectivity index (χ2n) is 12.7. The van der Waals surface area contributed by atoms with Crippen molar-refractivity contribution in [2.24, 2.45) is 52.3 Å². The second kappa shape index (κ2) is 9.37. The van der Waals surface area contributed by atoms with E-state index in [9.17, 15) is 19.5 Å². The molecule has 4 rings (SSSR count). The Morgan fingerprint density at radius 2 is 1.76 bits per heavy atom. The summed E-state index contributed by atoms with van der Waals surface area (Å²) in [6, 6.07) is 0. The smallest absolute Gasteiger partial charge is 0.307 e. The number of hydrogen-bond acceptors (Lipinski definition) is 3. The van der Waals surface area contributed by atoms with Crippen LogP contribution < -0.4 is 0 Å². The van der Waals surface area contributed by atoms with Gasteiger partial charge in [0.15, 0.2) is 5.78 Å². The fourth-order valence-corrected chi connectivity index (χ4v) is 9.60. The van der Waals surface area contributed by atoms with Gasteiger partial charge in [-0.05, 0) is 97.4 Å². The van der Waals surface area contributed by atoms with Crippen molar-refractivity contribution in [3.8, 4) is 0 Å². The molecule has 0 unspecified atom stereocenters. The van der Waals surface area contributed by atoms with Crippen LogP contribution in [0.4, 0.5) is 0 Å². The van der Waals surface area contributed by atoms with E-state index in [4.69, 9.17) is 11.6 Å². The van der Waals surface area contributed by atoms with Crippen LogP contribution in [0.5, 0.6) is 0 Å². The summed E-state index contributed by atoms with van der Waals surface area (Å²) < 4.78 is 0. The molecule has 4 nitrogen and oxygen atoms in total. The van der Waals surface area contributed by atoms with Crippen LogP contribution in [0.2, 0.25) is 0 Å². The molecular formula is C29H43ClO4. The number of Topliss-reactive ketones (excluding diaryl/α,β-unsaturated/α-hetero) is 2. The number of fused-ring (bicyclic) bond motifs is 5. The van der Waals surface area contributed by atoms with Gasteiger partial charge >= 0.3 is 5.97 Å². The van der Waals surface area contributed by atoms with Gasteiger partial charge in [0.1, 0.15) is 5.78 Å². The normalized spacial score (nSPS) is 39.3. The van der Waals surface area contributed by atoms with Crippen LogP contribution in [0, 0.1) is 52.3 Å². The minimum Gasteiger partial charge on any atom is -0.481 e. The minimum atomic E-state index is -0.792. The summed E-state index contributed by atoms with van der Waals surface area (Å²) in [5.41, 5.74) is 1.16. The lowest BCUT2D eigenvalue weighted by Gasteiger charge is -2.58. The topological polar surface area (TPSA) is 71.4 Å². The molecular weight excluding hydrogens is 448 g/mol. The van der Waals surface area contributed by atoms with E-state index in [-0.39, 0.29) is 46.6 Å². The fraction of sp³-hybridized carbons (Fsp3) is 0.828. The zero-order chi connectivity index (χ0) is 25.0. The molecule has 4 aliphatic carbocycles. The SMILES string of the molecule is CC[C@H](C(=O)C[C@@H](C(=O)O)[C@H]1CC[C@H]2[C@@H]3CCC4=C(Cl)C(=O)CC[C@]4(C)[C@H]3CC[C@]12C)C(C)C. The molecule has 3 fully saturated rings. The highest BCUT2D eigenvalue weighted by atomic mass is 35.5. The summed E-state index contributed by atoms with van der Waals surface area (Å²) in [5, 5.41) is 10.8. The number of rotatable bonds is 7. The molecule has 0 aromatic rings. The summed E-state index contributed by atoms with van der Waals surface area (Å²) in [4.78, 5) is 37.9. The number of aliphatic carboxylic acids is 1. The molecule has 5 heteroatoms. The van der Waals surface area contributed by atoms with Gasteiger partial charge in [0, 0.05) is 18.8 Å². The summed E-state index contributed by atoms with van der Waals surface area (Å²) in [7, 11) is 0. The standard InChI is InChI=1S/C29H43ClO4/c1-6-17(16(2)3)25(32)15-19(27(33)34)21-10-9-20-18-7-8-23-26(30)24(31)12-14-29(23,5)22(18)11-13-28(20,21)4/h16-22H,6-15H2,1-5H3,(H,33,34)/t17-,18-,19+,20-,21+,22-,28-,29+/m0/s1. The summed E-state index contributed by atoms with van der Waals surface area (Å²) in [6.07, 6.45) is 8.38. The number of carboxylic acids is 1. The van der Waals surface area contributed by atoms with Crippen molar-refractivity contribution in [1.29, 1.82) is 0 Å². The Hall–Kier alpha value is -1.16. The van der Waals surface area contributed by atoms with Gasteiger partial charge in [-0.1, -0.05) is 46.2 Å². The Labute approximate surface area is 210 Å². The molecule has 4 aliphatic rings. The molecule has 0 aromatic heterocycles. The maximum absolute atomic E-state index is 13.1. The number of carboxylic acid groups (broad SMARTS) is 1. The summed E-state index contributed by atoms with van der Waals surface area (Å²) in [5.74, 6) is 0.689. The molecule has 0 aliphatic heterocycles. The molecule has 0 saturated heterocycles. The van der Waals surface area contributed by atoms with Crippen molar-refractivity contribution in [3.63, 3.8) is 0 Å². The zero-order valence-electron chi connectivity index (χ0n) is 21.7. The molecule has 1 N–H and O–H groups in total. The number of carbonyl (C=O) groups is 3. The lowest BCUT2D eigenvalue weighted by atomic mass is 9.46. The Balaban J connectivity index is 1.58. The van der Waals surface area contributed by atoms with E-state index in [1.807, 2.05) is 6.92 Å². The van der Waals surface area contributed by atoms with Gasteiger partial charge in [0.2, 0.25) is 0 Å². The van der Waals surface area contributed by atoms with Crippen LogP contribution in [-0.4, -0.2) is 22.6 Å². The van der Waals surface area contributed by atoms with E-state index in [1.165, 1.54) is 5.57 Å². The predicted molar refractivity (Wildman–Crippen MR) is 134 cm³/mol. The monoisotopic (exact) mass is 490 g/mol. The molecule has 0 radical (unpaired) electrons. The van der Waals surface area contributed by atoms with Crippen molar-refractivity contribution in [3.05, 3.63) is 10.6 Å². The maximum atomic E-state index is 13.1. The first-order chi connectivity index (χ1) is 16.0. The quantitative estimate of drug-likeness (QED) is 0.415. The van der Waals surface area contributed by atoms with Gasteiger partial charge in [-0.2, -0.15) is 0 Å². The highest BCUT2D eigenvalue weighted by Gasteiger charge is 2.61. The van der Waals surface area contributed by atoms with E-state index < -0.39 is 11.9 Å². The molecule has 0 aromatic carbocycles. The van der Waals surface area contributed by atoms with Crippen molar-refractivity contribution >= 4 is 29.1 Å². The number of allylic oxidation sites excluding steroid dienone is 1. The lowest BCUT2D eigenvalue weighted by Crippen LogP contribution is -2.51. The number of carbonyl (C=O) groups excluding carboxylic acids is 2. The van der Waals surface area contributed by atoms with Gasteiger partial charge in [-0.3, -0.25) is 14.4 Å². The number of ketones is 2. The fourth-order valence-electron chi connectivity index (χ4n) is 9.19. The van der Waals surface area contributed by atoms with Gasteiger partial charge in [-0.15, -0.1) is 0 Å². The van der Waals surface area contributed by atoms with E-state index in [0.29, 0.717) is 29.2 Å². The average molecular weight is 491 g/mol. The van der Waals surface area contributed by atoms with Crippen molar-refractivity contribution in [1.82, 2.24) is 0 Å². The van der Waals surface area contributed by atoms with Crippen molar-refractivity contribution < 1.29 is 19.5 Å². The van der Waals surface area contributed by atoms with E-state index in [0.717, 1.165) is 51.4 Å². The summed E-state index contributed by atoms with van der Waals surface area (Å²) in [6.45, 7) is 10.8. The molecule has 190 valence electrons. The van der Waals surface area contributed by atoms with Crippen LogP contribution in [0.3, 0.4) is 0 Å². The van der Waals surface area contributed by atoms with Crippen molar-refractivity contribution in [2.75, 3.05) is 0 Å². The van der Waals surface area contributed by atoms with E-state index in [2.05, 4.69) is 27.7 Å². The van der Waals surface area contributed by atoms with Crippen LogP contribution in [0.1, 0.15) is 98.8 Å². The number of hydrogen-bond donors (Lipinski definition) is 1. The van der Waals surface area contributed by atoms with Crippen LogP contribution in [-0.2, 0) is 14.4 Å². The first kappa shape index (κ1) is 25.9. The molecule has 0 heterocycles. The Kier molecular flexibility index (Phi) is 7.15. The third kappa shape index (κ3) is 4.00. The highest BCUT2D eigenvalue weighted by Crippen LogP contribution is 2.68. The largest absolute Gasteiger partial charge is 0.481 e. The minimum absolute atomic E-state index is 0.00109. The van der Waals surface area contributed by atoms with Gasteiger partial charge < -0.3 is 5.11 Å². The van der Waals surface area contributed by atoms with Crippen LogP contribution in [0.15, 0.2) is 10.6 Å². The molecule has 0 amide bonds. The number of halogens is 1. The molecule has 0 bridgehead atoms. The third-order valence-corrected chi connectivity index (χ3v) is 11.4. The Morgan fingerprint density at radius 3 is 2.38 bits per heavy atom. The summed E-state index contributed by atoms with van der Waals surface area (Å²) >= 11 is 6.54. The van der Waals surface area contributed by atoms with Gasteiger partial charge in [0.05, 0.1) is 11.0 Å². The Morgan fingerprint density at radius 1 is 1.06 bits per heavy atom. The molecule has 0 spiro atoms. The van der Waals surface area contributed by atoms with E-state index >= 15 is 0 Å². The lowest BCUT2D eigenvalue weighted by molar-refractivity contribution is -0.150. The van der Waals surface area contributed by atoms with Gasteiger partial charge in [0.25, 0.3) is 0 Å². The maximum Gasteiger partial charge on any atom is 0.307 e. The van der Waals surface area contributed by atoms with Gasteiger partial charge in [-0.25, -0.2) is 0 Å². The van der Waals surface area contributed by atoms with Crippen LogP contribution in [0.25, 0.3) is 0 Å². The Bertz CT molecular complexity index is 891. The van der Waals surface area contributed by atoms with Crippen LogP contribution >= 0.6 is 11.6 Å².